The average molecular weight is 400 g/mol. The Hall–Kier alpha value is -2.57. The fraction of sp³-hybridized carbons (Fsp3) is 0.591. The summed E-state index contributed by atoms with van der Waals surface area (Å²) in [5.74, 6) is -1.10. The standard InChI is InChI=1S/C22H28N2O5/c1-21(2)14-11-24(16(15(14)21)19(26)27)18(25)17(22(3)9-10-22)23-20(28)29-12-13-7-5-4-6-8-13/h4-8,14-17H,9-12H2,1-3H3,(H,23,28)(H,26,27)/t14-,15-,16-,17?/m0/s1. The molecule has 2 aliphatic carbocycles. The van der Waals surface area contributed by atoms with E-state index >= 15 is 0 Å². The monoisotopic (exact) mass is 400 g/mol. The normalized spacial score (nSPS) is 28.8. The van der Waals surface area contributed by atoms with Gasteiger partial charge in [0.1, 0.15) is 18.7 Å². The molecule has 4 atom stereocenters. The van der Waals surface area contributed by atoms with E-state index in [-0.39, 0.29) is 35.2 Å². The van der Waals surface area contributed by atoms with Crippen molar-refractivity contribution in [1.82, 2.24) is 10.2 Å². The zero-order valence-electron chi connectivity index (χ0n) is 17.1. The molecule has 2 amide bonds. The van der Waals surface area contributed by atoms with E-state index in [0.29, 0.717) is 6.54 Å². The Bertz CT molecular complexity index is 833. The third-order valence-electron chi connectivity index (χ3n) is 7.20. The van der Waals surface area contributed by atoms with E-state index in [9.17, 15) is 19.5 Å². The SMILES string of the molecule is CC1(C(NC(=O)OCc2ccccc2)C(=O)N2C[C@H]3[C@@H]([C@H]2C(=O)O)C3(C)C)CC1. The number of carboxylic acids is 1. The number of amides is 2. The molecular formula is C22H28N2O5. The summed E-state index contributed by atoms with van der Waals surface area (Å²) in [6, 6.07) is 7.72. The van der Waals surface area contributed by atoms with Crippen LogP contribution in [0.4, 0.5) is 4.79 Å². The summed E-state index contributed by atoms with van der Waals surface area (Å²) < 4.78 is 5.29. The van der Waals surface area contributed by atoms with Crippen LogP contribution >= 0.6 is 0 Å². The van der Waals surface area contributed by atoms with Crippen LogP contribution in [0.5, 0.6) is 0 Å². The summed E-state index contributed by atoms with van der Waals surface area (Å²) in [6.45, 7) is 6.60. The number of carboxylic acid groups (broad SMARTS) is 1. The van der Waals surface area contributed by atoms with Crippen LogP contribution in [0.2, 0.25) is 0 Å². The molecule has 3 aliphatic rings. The number of piperidine rings is 1. The zero-order valence-corrected chi connectivity index (χ0v) is 17.1. The van der Waals surface area contributed by atoms with Crippen LogP contribution in [-0.4, -0.2) is 46.6 Å². The van der Waals surface area contributed by atoms with E-state index in [4.69, 9.17) is 4.74 Å². The molecule has 156 valence electrons. The van der Waals surface area contributed by atoms with Crippen LogP contribution in [0.25, 0.3) is 0 Å². The number of hydrogen-bond acceptors (Lipinski definition) is 4. The van der Waals surface area contributed by atoms with Crippen molar-refractivity contribution in [3.63, 3.8) is 0 Å². The number of likely N-dealkylation sites (tertiary alicyclic amines) is 1. The maximum atomic E-state index is 13.3. The third kappa shape index (κ3) is 3.47. The van der Waals surface area contributed by atoms with Gasteiger partial charge in [0, 0.05) is 12.5 Å². The minimum absolute atomic E-state index is 0.0263. The van der Waals surface area contributed by atoms with Gasteiger partial charge in [-0.25, -0.2) is 9.59 Å². The number of nitrogens with one attached hydrogen (secondary N) is 1. The number of carbonyl (C=O) groups excluding carboxylic acids is 2. The van der Waals surface area contributed by atoms with Crippen LogP contribution in [0.3, 0.4) is 0 Å². The third-order valence-corrected chi connectivity index (χ3v) is 7.20. The lowest BCUT2D eigenvalue weighted by atomic mass is 9.95. The topological polar surface area (TPSA) is 95.9 Å². The minimum Gasteiger partial charge on any atom is -0.480 e. The summed E-state index contributed by atoms with van der Waals surface area (Å²) in [5.41, 5.74) is 0.450. The molecule has 0 radical (unpaired) electrons. The molecule has 3 fully saturated rings. The smallest absolute Gasteiger partial charge is 0.408 e. The lowest BCUT2D eigenvalue weighted by Crippen LogP contribution is -2.56. The summed E-state index contributed by atoms with van der Waals surface area (Å²) in [5, 5.41) is 12.5. The quantitative estimate of drug-likeness (QED) is 0.765. The molecule has 7 heteroatoms. The van der Waals surface area contributed by atoms with Crippen molar-refractivity contribution in [2.75, 3.05) is 6.54 Å². The number of benzene rings is 1. The molecule has 1 saturated heterocycles. The van der Waals surface area contributed by atoms with Crippen LogP contribution in [-0.2, 0) is 20.9 Å². The molecule has 29 heavy (non-hydrogen) atoms. The fourth-order valence-electron chi connectivity index (χ4n) is 4.86. The van der Waals surface area contributed by atoms with Gasteiger partial charge in [0.2, 0.25) is 5.91 Å². The predicted molar refractivity (Wildman–Crippen MR) is 105 cm³/mol. The van der Waals surface area contributed by atoms with Crippen molar-refractivity contribution in [3.8, 4) is 0 Å². The Morgan fingerprint density at radius 1 is 1.21 bits per heavy atom. The molecule has 0 spiro atoms. The van der Waals surface area contributed by atoms with Gasteiger partial charge in [-0.05, 0) is 35.2 Å². The number of alkyl carbamates (subject to hydrolysis) is 1. The van der Waals surface area contributed by atoms with E-state index in [1.807, 2.05) is 37.3 Å². The van der Waals surface area contributed by atoms with E-state index < -0.39 is 24.1 Å². The number of hydrogen-bond donors (Lipinski definition) is 2. The lowest BCUT2D eigenvalue weighted by Gasteiger charge is -2.33. The second-order valence-corrected chi connectivity index (χ2v) is 9.52. The second-order valence-electron chi connectivity index (χ2n) is 9.52. The van der Waals surface area contributed by atoms with Crippen LogP contribution in [0.15, 0.2) is 30.3 Å². The molecule has 1 unspecified atom stereocenters. The number of fused-ring (bicyclic) bond motifs is 1. The van der Waals surface area contributed by atoms with Crippen LogP contribution < -0.4 is 5.32 Å². The van der Waals surface area contributed by atoms with Crippen molar-refractivity contribution < 1.29 is 24.2 Å². The van der Waals surface area contributed by atoms with Gasteiger partial charge >= 0.3 is 12.1 Å². The van der Waals surface area contributed by atoms with E-state index in [1.165, 1.54) is 4.90 Å². The van der Waals surface area contributed by atoms with Gasteiger partial charge in [0.15, 0.2) is 0 Å². The first-order valence-electron chi connectivity index (χ1n) is 10.2. The summed E-state index contributed by atoms with van der Waals surface area (Å²) in [4.78, 5) is 39.1. The van der Waals surface area contributed by atoms with Gasteiger partial charge in [0.05, 0.1) is 0 Å². The molecule has 1 aromatic carbocycles. The highest BCUT2D eigenvalue weighted by Gasteiger charge is 2.70. The molecule has 1 aliphatic heterocycles. The first-order chi connectivity index (χ1) is 13.6. The van der Waals surface area contributed by atoms with Crippen molar-refractivity contribution in [2.45, 2.75) is 52.3 Å². The average Bonchev–Trinajstić information content (AvgIpc) is 3.46. The fourth-order valence-corrected chi connectivity index (χ4v) is 4.86. The Balaban J connectivity index is 1.44. The molecule has 1 aromatic rings. The van der Waals surface area contributed by atoms with Gasteiger partial charge in [-0.3, -0.25) is 4.79 Å². The molecule has 0 aromatic heterocycles. The van der Waals surface area contributed by atoms with Crippen LogP contribution in [0, 0.1) is 22.7 Å². The van der Waals surface area contributed by atoms with E-state index in [1.54, 1.807) is 0 Å². The van der Waals surface area contributed by atoms with Gasteiger partial charge < -0.3 is 20.1 Å². The van der Waals surface area contributed by atoms with E-state index in [0.717, 1.165) is 18.4 Å². The van der Waals surface area contributed by atoms with Crippen molar-refractivity contribution >= 4 is 18.0 Å². The maximum Gasteiger partial charge on any atom is 0.408 e. The van der Waals surface area contributed by atoms with Gasteiger partial charge in [-0.2, -0.15) is 0 Å². The highest BCUT2D eigenvalue weighted by atomic mass is 16.5. The highest BCUT2D eigenvalue weighted by Crippen LogP contribution is 2.65. The highest BCUT2D eigenvalue weighted by molar-refractivity contribution is 5.91. The number of aliphatic carboxylic acids is 1. The number of carbonyl (C=O) groups is 3. The Morgan fingerprint density at radius 2 is 1.86 bits per heavy atom. The summed E-state index contributed by atoms with van der Waals surface area (Å²) in [6.07, 6.45) is 0.968. The Labute approximate surface area is 170 Å². The predicted octanol–water partition coefficient (Wildman–Crippen LogP) is 2.65. The molecule has 7 nitrogen and oxygen atoms in total. The molecule has 1 heterocycles. The van der Waals surface area contributed by atoms with Crippen molar-refractivity contribution in [3.05, 3.63) is 35.9 Å². The first-order valence-corrected chi connectivity index (χ1v) is 10.2. The van der Waals surface area contributed by atoms with Gasteiger partial charge in [-0.15, -0.1) is 0 Å². The number of ether oxygens (including phenoxy) is 1. The Morgan fingerprint density at radius 3 is 2.45 bits per heavy atom. The summed E-state index contributed by atoms with van der Waals surface area (Å²) >= 11 is 0. The largest absolute Gasteiger partial charge is 0.480 e. The zero-order chi connectivity index (χ0) is 21.0. The maximum absolute atomic E-state index is 13.3. The summed E-state index contributed by atoms with van der Waals surface area (Å²) in [7, 11) is 0. The molecular weight excluding hydrogens is 372 g/mol. The van der Waals surface area contributed by atoms with Gasteiger partial charge in [0.25, 0.3) is 0 Å². The first kappa shape index (κ1) is 19.7. The Kier molecular flexibility index (Phi) is 4.59. The van der Waals surface area contributed by atoms with Crippen LogP contribution in [0.1, 0.15) is 39.2 Å². The molecule has 2 saturated carbocycles. The second kappa shape index (κ2) is 6.75. The lowest BCUT2D eigenvalue weighted by molar-refractivity contribution is -0.151. The van der Waals surface area contributed by atoms with E-state index in [2.05, 4.69) is 19.2 Å². The molecule has 0 bridgehead atoms. The molecule has 2 N–H and O–H groups in total. The molecule has 4 rings (SSSR count). The minimum atomic E-state index is -0.970. The van der Waals surface area contributed by atoms with Gasteiger partial charge in [-0.1, -0.05) is 51.1 Å². The van der Waals surface area contributed by atoms with Crippen molar-refractivity contribution in [2.24, 2.45) is 22.7 Å². The number of nitrogens with zero attached hydrogens (tertiary/aromatic N) is 1. The van der Waals surface area contributed by atoms with Crippen molar-refractivity contribution in [1.29, 1.82) is 0 Å². The number of rotatable bonds is 6.